The van der Waals surface area contributed by atoms with Crippen LogP contribution in [0.4, 0.5) is 17.1 Å². The van der Waals surface area contributed by atoms with Crippen LogP contribution in [-0.2, 0) is 0 Å². The molecule has 0 N–H and O–H groups in total. The molecule has 0 fully saturated rings. The first-order valence-corrected chi connectivity index (χ1v) is 17.8. The van der Waals surface area contributed by atoms with Crippen molar-refractivity contribution in [1.82, 2.24) is 4.57 Å². The van der Waals surface area contributed by atoms with Crippen molar-refractivity contribution in [3.8, 4) is 27.9 Å². The average molecular weight is 663 g/mol. The molecule has 2 nitrogen and oxygen atoms in total. The Labute approximate surface area is 303 Å². The molecule has 0 amide bonds. The number of hydrogen-bond acceptors (Lipinski definition) is 1. The van der Waals surface area contributed by atoms with Gasteiger partial charge in [0.15, 0.2) is 0 Å². The van der Waals surface area contributed by atoms with Crippen molar-refractivity contribution in [3.63, 3.8) is 0 Å². The van der Waals surface area contributed by atoms with E-state index in [4.69, 9.17) is 0 Å². The summed E-state index contributed by atoms with van der Waals surface area (Å²) in [6.07, 6.45) is 0. The van der Waals surface area contributed by atoms with E-state index in [2.05, 4.69) is 216 Å². The Balaban J connectivity index is 1.13. The van der Waals surface area contributed by atoms with Crippen LogP contribution < -0.4 is 4.90 Å². The number of anilines is 3. The van der Waals surface area contributed by atoms with E-state index in [0.717, 1.165) is 17.1 Å². The maximum absolute atomic E-state index is 2.42. The largest absolute Gasteiger partial charge is 0.310 e. The van der Waals surface area contributed by atoms with E-state index < -0.39 is 0 Å². The third-order valence-corrected chi connectivity index (χ3v) is 10.4. The van der Waals surface area contributed by atoms with Gasteiger partial charge in [0.05, 0.1) is 11.0 Å². The molecule has 0 aliphatic heterocycles. The van der Waals surface area contributed by atoms with Crippen LogP contribution in [0.15, 0.2) is 206 Å². The van der Waals surface area contributed by atoms with Crippen LogP contribution in [0.2, 0.25) is 0 Å². The van der Waals surface area contributed by atoms with Gasteiger partial charge in [-0.1, -0.05) is 146 Å². The number of fused-ring (bicyclic) bond motifs is 6. The van der Waals surface area contributed by atoms with Gasteiger partial charge in [-0.2, -0.15) is 0 Å². The summed E-state index contributed by atoms with van der Waals surface area (Å²) < 4.78 is 2.42. The van der Waals surface area contributed by atoms with Gasteiger partial charge in [0.25, 0.3) is 0 Å². The molecule has 0 atom stereocenters. The molecule has 0 aliphatic rings. The molecule has 0 unspecified atom stereocenters. The van der Waals surface area contributed by atoms with Gasteiger partial charge in [0.1, 0.15) is 0 Å². The molecule has 1 aromatic heterocycles. The zero-order valence-electron chi connectivity index (χ0n) is 28.5. The van der Waals surface area contributed by atoms with Gasteiger partial charge in [0, 0.05) is 33.5 Å². The quantitative estimate of drug-likeness (QED) is 0.172. The highest BCUT2D eigenvalue weighted by molar-refractivity contribution is 6.21. The first kappa shape index (κ1) is 30.0. The van der Waals surface area contributed by atoms with Gasteiger partial charge in [-0.05, 0) is 104 Å². The molecule has 9 aromatic carbocycles. The Bertz CT molecular complexity index is 2790. The summed E-state index contributed by atoms with van der Waals surface area (Å²) in [6.45, 7) is 0. The lowest BCUT2D eigenvalue weighted by Crippen LogP contribution is -2.09. The van der Waals surface area contributed by atoms with E-state index in [1.165, 1.54) is 71.3 Å². The van der Waals surface area contributed by atoms with Crippen LogP contribution in [0, 0.1) is 0 Å². The summed E-state index contributed by atoms with van der Waals surface area (Å²) in [5, 5.41) is 7.48. The number of nitrogens with zero attached hydrogens (tertiary/aromatic N) is 2. The molecular formula is C50H34N2. The summed E-state index contributed by atoms with van der Waals surface area (Å²) in [4.78, 5) is 2.37. The molecule has 10 aromatic rings. The average Bonchev–Trinajstić information content (AvgIpc) is 3.57. The molecule has 0 radical (unpaired) electrons. The zero-order valence-corrected chi connectivity index (χ0v) is 28.5. The van der Waals surface area contributed by atoms with Gasteiger partial charge in [-0.15, -0.1) is 0 Å². The Morgan fingerprint density at radius 1 is 0.308 bits per heavy atom. The standard InChI is InChI=1S/C50H34N2/c1-3-11-35(12-4-1)38-19-25-42(26-20-38)51(43-27-21-39(22-28-43)36-13-5-2-6-14-36)44-30-31-46-41(34-44)24-32-49-50(46)47-17-9-10-18-48(47)52(49)45-29-23-37-15-7-8-16-40(37)33-45/h1-34H. The van der Waals surface area contributed by atoms with Crippen molar-refractivity contribution in [2.75, 3.05) is 4.90 Å². The van der Waals surface area contributed by atoms with Crippen molar-refractivity contribution < 1.29 is 0 Å². The first-order chi connectivity index (χ1) is 25.8. The molecule has 0 saturated carbocycles. The van der Waals surface area contributed by atoms with Crippen molar-refractivity contribution in [1.29, 1.82) is 0 Å². The molecule has 1 heterocycles. The minimum Gasteiger partial charge on any atom is -0.310 e. The highest BCUT2D eigenvalue weighted by Gasteiger charge is 2.18. The fourth-order valence-electron chi connectivity index (χ4n) is 7.83. The fourth-order valence-corrected chi connectivity index (χ4v) is 7.83. The molecule has 10 rings (SSSR count). The fraction of sp³-hybridized carbons (Fsp3) is 0. The second kappa shape index (κ2) is 12.5. The zero-order chi connectivity index (χ0) is 34.4. The van der Waals surface area contributed by atoms with Crippen molar-refractivity contribution in [2.24, 2.45) is 0 Å². The van der Waals surface area contributed by atoms with Gasteiger partial charge in [0.2, 0.25) is 0 Å². The summed E-state index contributed by atoms with van der Waals surface area (Å²) in [5.41, 5.74) is 11.8. The van der Waals surface area contributed by atoms with Gasteiger partial charge in [-0.25, -0.2) is 0 Å². The summed E-state index contributed by atoms with van der Waals surface area (Å²) in [6, 6.07) is 74.6. The van der Waals surface area contributed by atoms with Crippen molar-refractivity contribution >= 4 is 60.4 Å². The SMILES string of the molecule is c1ccc(-c2ccc(N(c3ccc(-c4ccccc4)cc3)c3ccc4c(ccc5c4c4ccccc4n5-c4ccc5ccccc5c4)c3)cc2)cc1. The normalized spacial score (nSPS) is 11.5. The summed E-state index contributed by atoms with van der Waals surface area (Å²) in [5.74, 6) is 0. The molecular weight excluding hydrogens is 629 g/mol. The van der Waals surface area contributed by atoms with E-state index >= 15 is 0 Å². The van der Waals surface area contributed by atoms with Gasteiger partial charge < -0.3 is 9.47 Å². The maximum atomic E-state index is 2.42. The highest BCUT2D eigenvalue weighted by Crippen LogP contribution is 2.41. The monoisotopic (exact) mass is 662 g/mol. The number of rotatable bonds is 6. The topological polar surface area (TPSA) is 8.17 Å². The lowest BCUT2D eigenvalue weighted by molar-refractivity contribution is 1.19. The summed E-state index contributed by atoms with van der Waals surface area (Å²) >= 11 is 0. The van der Waals surface area contributed by atoms with Crippen LogP contribution in [0.1, 0.15) is 0 Å². The third-order valence-electron chi connectivity index (χ3n) is 10.4. The number of aromatic nitrogens is 1. The second-order valence-electron chi connectivity index (χ2n) is 13.4. The van der Waals surface area contributed by atoms with E-state index in [1.807, 2.05) is 0 Å². The Morgan fingerprint density at radius 3 is 1.52 bits per heavy atom. The van der Waals surface area contributed by atoms with Crippen molar-refractivity contribution in [2.45, 2.75) is 0 Å². The molecule has 0 bridgehead atoms. The lowest BCUT2D eigenvalue weighted by atomic mass is 10.0. The Kier molecular flexibility index (Phi) is 7.18. The summed E-state index contributed by atoms with van der Waals surface area (Å²) in [7, 11) is 0. The van der Waals surface area contributed by atoms with Crippen LogP contribution in [-0.4, -0.2) is 4.57 Å². The molecule has 52 heavy (non-hydrogen) atoms. The third kappa shape index (κ3) is 5.12. The van der Waals surface area contributed by atoms with Crippen molar-refractivity contribution in [3.05, 3.63) is 206 Å². The van der Waals surface area contributed by atoms with Crippen LogP contribution in [0.25, 0.3) is 71.3 Å². The second-order valence-corrected chi connectivity index (χ2v) is 13.4. The minimum absolute atomic E-state index is 1.11. The lowest BCUT2D eigenvalue weighted by Gasteiger charge is -2.26. The van der Waals surface area contributed by atoms with Crippen LogP contribution >= 0.6 is 0 Å². The molecule has 0 spiro atoms. The van der Waals surface area contributed by atoms with E-state index in [-0.39, 0.29) is 0 Å². The van der Waals surface area contributed by atoms with Crippen LogP contribution in [0.3, 0.4) is 0 Å². The van der Waals surface area contributed by atoms with E-state index in [1.54, 1.807) is 0 Å². The molecule has 0 aliphatic carbocycles. The number of benzene rings is 9. The van der Waals surface area contributed by atoms with Gasteiger partial charge >= 0.3 is 0 Å². The van der Waals surface area contributed by atoms with Crippen LogP contribution in [0.5, 0.6) is 0 Å². The molecule has 0 saturated heterocycles. The smallest absolute Gasteiger partial charge is 0.0547 e. The molecule has 2 heteroatoms. The minimum atomic E-state index is 1.11. The first-order valence-electron chi connectivity index (χ1n) is 17.8. The van der Waals surface area contributed by atoms with Gasteiger partial charge in [-0.3, -0.25) is 0 Å². The highest BCUT2D eigenvalue weighted by atomic mass is 15.1. The Hall–Kier alpha value is -6.90. The molecule has 244 valence electrons. The maximum Gasteiger partial charge on any atom is 0.0547 e. The van der Waals surface area contributed by atoms with E-state index in [0.29, 0.717) is 0 Å². The predicted molar refractivity (Wildman–Crippen MR) is 221 cm³/mol. The number of para-hydroxylation sites is 1. The number of hydrogen-bond donors (Lipinski definition) is 0. The predicted octanol–water partition coefficient (Wildman–Crippen LogP) is 13.9. The Morgan fingerprint density at radius 2 is 0.846 bits per heavy atom. The van der Waals surface area contributed by atoms with E-state index in [9.17, 15) is 0 Å².